The Morgan fingerprint density at radius 1 is 1.18 bits per heavy atom. The van der Waals surface area contributed by atoms with Crippen molar-refractivity contribution in [2.45, 2.75) is 58.2 Å². The lowest BCUT2D eigenvalue weighted by molar-refractivity contribution is -0.118. The minimum atomic E-state index is -0.585. The molecule has 1 aromatic carbocycles. The number of anilines is 1. The Morgan fingerprint density at radius 2 is 1.97 bits per heavy atom. The lowest BCUT2D eigenvalue weighted by Crippen LogP contribution is -2.41. The van der Waals surface area contributed by atoms with E-state index < -0.39 is 12.3 Å². The molecule has 4 heterocycles. The molecule has 0 unspecified atom stereocenters. The maximum atomic E-state index is 12.8. The third kappa shape index (κ3) is 3.70. The van der Waals surface area contributed by atoms with Gasteiger partial charge in [0.25, 0.3) is 0 Å². The van der Waals surface area contributed by atoms with Crippen LogP contribution in [0.5, 0.6) is 0 Å². The Morgan fingerprint density at radius 3 is 2.70 bits per heavy atom. The maximum absolute atomic E-state index is 12.8. The van der Waals surface area contributed by atoms with E-state index in [2.05, 4.69) is 20.3 Å². The fourth-order valence-corrected chi connectivity index (χ4v) is 4.43. The van der Waals surface area contributed by atoms with Gasteiger partial charge >= 0.3 is 6.09 Å². The van der Waals surface area contributed by atoms with Gasteiger partial charge in [-0.3, -0.25) is 14.3 Å². The number of carbonyl (C=O) groups excluding carboxylic acids is 2. The minimum absolute atomic E-state index is 0.158. The van der Waals surface area contributed by atoms with Crippen LogP contribution in [0.15, 0.2) is 43.0 Å². The van der Waals surface area contributed by atoms with E-state index in [4.69, 9.17) is 9.47 Å². The molecule has 0 aliphatic carbocycles. The van der Waals surface area contributed by atoms with Crippen LogP contribution in [0, 0.1) is 5.92 Å². The van der Waals surface area contributed by atoms with Crippen molar-refractivity contribution in [1.82, 2.24) is 24.4 Å². The average Bonchev–Trinajstić information content (AvgIpc) is 3.48. The number of imidazole rings is 1. The second-order valence-corrected chi connectivity index (χ2v) is 8.62. The highest BCUT2D eigenvalue weighted by molar-refractivity contribution is 5.97. The Hall–Kier alpha value is -3.53. The first-order valence-corrected chi connectivity index (χ1v) is 11.1. The molecule has 10 heteroatoms. The van der Waals surface area contributed by atoms with Crippen LogP contribution in [-0.2, 0) is 20.8 Å². The highest BCUT2D eigenvalue weighted by atomic mass is 16.6. The number of hydrogen-bond donors (Lipinski definition) is 1. The van der Waals surface area contributed by atoms with Gasteiger partial charge in [-0.15, -0.1) is 0 Å². The quantitative estimate of drug-likeness (QED) is 0.614. The first-order valence-electron chi connectivity index (χ1n) is 11.1. The number of carbonyl (C=O) groups is 2. The molecule has 0 bridgehead atoms. The number of benzene rings is 1. The Bertz CT molecular complexity index is 1180. The van der Waals surface area contributed by atoms with Gasteiger partial charge in [-0.05, 0) is 12.0 Å². The van der Waals surface area contributed by atoms with E-state index in [0.29, 0.717) is 23.5 Å². The zero-order valence-corrected chi connectivity index (χ0v) is 18.7. The smallest absolute Gasteiger partial charge is 0.411 e. The summed E-state index contributed by atoms with van der Waals surface area (Å²) in [6, 6.07) is 9.60. The summed E-state index contributed by atoms with van der Waals surface area (Å²) in [5, 5.41) is 2.80. The number of rotatable bonds is 6. The summed E-state index contributed by atoms with van der Waals surface area (Å²) in [5.41, 5.74) is 1.99. The summed E-state index contributed by atoms with van der Waals surface area (Å²) >= 11 is 0. The van der Waals surface area contributed by atoms with Crippen LogP contribution in [0.25, 0.3) is 11.2 Å². The Kier molecular flexibility index (Phi) is 5.45. The van der Waals surface area contributed by atoms with Crippen molar-refractivity contribution in [3.05, 3.63) is 48.5 Å². The number of nitrogens with zero attached hydrogens (tertiary/aromatic N) is 5. The van der Waals surface area contributed by atoms with Crippen molar-refractivity contribution in [2.24, 2.45) is 5.92 Å². The summed E-state index contributed by atoms with van der Waals surface area (Å²) in [4.78, 5) is 39.7. The van der Waals surface area contributed by atoms with Crippen LogP contribution in [0.2, 0.25) is 0 Å². The molecule has 172 valence electrons. The number of nitrogens with one attached hydrogen (secondary N) is 1. The lowest BCUT2D eigenvalue weighted by atomic mass is 10.0. The summed E-state index contributed by atoms with van der Waals surface area (Å²) < 4.78 is 13.9. The van der Waals surface area contributed by atoms with E-state index in [-0.39, 0.29) is 30.1 Å². The van der Waals surface area contributed by atoms with Gasteiger partial charge in [0.15, 0.2) is 29.3 Å². The monoisotopic (exact) mass is 450 g/mol. The van der Waals surface area contributed by atoms with Gasteiger partial charge in [-0.1, -0.05) is 51.1 Å². The average molecular weight is 450 g/mol. The van der Waals surface area contributed by atoms with Gasteiger partial charge in [0.2, 0.25) is 5.91 Å². The first-order chi connectivity index (χ1) is 16.0. The van der Waals surface area contributed by atoms with Crippen LogP contribution in [0.1, 0.15) is 39.0 Å². The summed E-state index contributed by atoms with van der Waals surface area (Å²) in [6.45, 7) is 6.09. The molecule has 5 rings (SSSR count). The Balaban J connectivity index is 1.46. The number of fused-ring (bicyclic) bond motifs is 2. The molecule has 2 fully saturated rings. The molecule has 0 radical (unpaired) electrons. The van der Waals surface area contributed by atoms with Gasteiger partial charge < -0.3 is 14.8 Å². The van der Waals surface area contributed by atoms with Crippen molar-refractivity contribution in [3.63, 3.8) is 0 Å². The Labute approximate surface area is 190 Å². The third-order valence-corrected chi connectivity index (χ3v) is 6.14. The molecule has 3 aromatic rings. The zero-order valence-electron chi connectivity index (χ0n) is 18.7. The van der Waals surface area contributed by atoms with Crippen LogP contribution < -0.4 is 5.32 Å². The van der Waals surface area contributed by atoms with Crippen molar-refractivity contribution >= 4 is 29.0 Å². The highest BCUT2D eigenvalue weighted by Gasteiger charge is 2.56. The molecule has 4 atom stereocenters. The molecule has 33 heavy (non-hydrogen) atoms. The number of aromatic nitrogens is 4. The normalized spacial score (nSPS) is 24.4. The summed E-state index contributed by atoms with van der Waals surface area (Å²) in [5.74, 6) is -0.0166. The fourth-order valence-electron chi connectivity index (χ4n) is 4.43. The van der Waals surface area contributed by atoms with E-state index >= 15 is 0 Å². The van der Waals surface area contributed by atoms with Crippen molar-refractivity contribution < 1.29 is 19.1 Å². The highest BCUT2D eigenvalue weighted by Crippen LogP contribution is 2.42. The maximum Gasteiger partial charge on any atom is 0.411 e. The molecular formula is C23H26N6O4. The molecule has 2 aromatic heterocycles. The molecule has 2 aliphatic heterocycles. The van der Waals surface area contributed by atoms with Crippen molar-refractivity contribution in [3.8, 4) is 0 Å². The lowest BCUT2D eigenvalue weighted by Gasteiger charge is -2.24. The van der Waals surface area contributed by atoms with Crippen molar-refractivity contribution in [2.75, 3.05) is 5.32 Å². The van der Waals surface area contributed by atoms with Crippen LogP contribution >= 0.6 is 0 Å². The van der Waals surface area contributed by atoms with Gasteiger partial charge in [0.1, 0.15) is 12.4 Å². The zero-order chi connectivity index (χ0) is 23.1. The second kappa shape index (κ2) is 8.43. The molecule has 10 nitrogen and oxygen atoms in total. The molecule has 0 spiro atoms. The third-order valence-electron chi connectivity index (χ3n) is 6.14. The standard InChI is InChI=1S/C23H26N6O4/c1-4-15-17-18(33-23(31)28(17)10-14-8-6-5-7-9-14)22(32-15)29-12-26-16-19(24-11-25-20(16)29)27-21(30)13(2)3/h5-9,11-13,15,17-18,22H,4,10H2,1-3H3,(H,24,25,27,30)/t15-,17-,18-,22-/m1/s1. The first kappa shape index (κ1) is 21.3. The van der Waals surface area contributed by atoms with Gasteiger partial charge in [-0.2, -0.15) is 0 Å². The van der Waals surface area contributed by atoms with Crippen LogP contribution in [0.4, 0.5) is 10.6 Å². The van der Waals surface area contributed by atoms with Gasteiger partial charge in [0.05, 0.1) is 12.4 Å². The van der Waals surface area contributed by atoms with Crippen LogP contribution in [-0.4, -0.2) is 54.7 Å². The SMILES string of the molecule is CC[C@H]1O[C@@H](n2cnc3c(NC(=O)C(C)C)ncnc32)[C@@H]2OC(=O)N(Cc3ccccc3)[C@@H]21. The second-order valence-electron chi connectivity index (χ2n) is 8.62. The molecular weight excluding hydrogens is 424 g/mol. The van der Waals surface area contributed by atoms with E-state index in [0.717, 1.165) is 12.0 Å². The van der Waals surface area contributed by atoms with E-state index in [9.17, 15) is 9.59 Å². The number of ether oxygens (including phenoxy) is 2. The van der Waals surface area contributed by atoms with E-state index in [1.54, 1.807) is 29.6 Å². The van der Waals surface area contributed by atoms with E-state index in [1.807, 2.05) is 37.3 Å². The summed E-state index contributed by atoms with van der Waals surface area (Å²) in [6.07, 6.45) is 2.04. The molecule has 2 aliphatic rings. The van der Waals surface area contributed by atoms with Crippen LogP contribution in [0.3, 0.4) is 0 Å². The predicted molar refractivity (Wildman–Crippen MR) is 119 cm³/mol. The van der Waals surface area contributed by atoms with E-state index in [1.165, 1.54) is 6.33 Å². The topological polar surface area (TPSA) is 111 Å². The molecule has 0 saturated carbocycles. The summed E-state index contributed by atoms with van der Waals surface area (Å²) in [7, 11) is 0. The fraction of sp³-hybridized carbons (Fsp3) is 0.435. The molecule has 2 amide bonds. The van der Waals surface area contributed by atoms with Gasteiger partial charge in [-0.25, -0.2) is 19.7 Å². The number of amides is 2. The predicted octanol–water partition coefficient (Wildman–Crippen LogP) is 3.12. The van der Waals surface area contributed by atoms with Crippen molar-refractivity contribution in [1.29, 1.82) is 0 Å². The minimum Gasteiger partial charge on any atom is -0.439 e. The molecule has 2 saturated heterocycles. The number of hydrogen-bond acceptors (Lipinski definition) is 7. The largest absolute Gasteiger partial charge is 0.439 e. The van der Waals surface area contributed by atoms with Gasteiger partial charge in [0, 0.05) is 12.5 Å². The molecule has 1 N–H and O–H groups in total.